The maximum Gasteiger partial charge on any atom is 0.269 e. The maximum atomic E-state index is 13.1. The highest BCUT2D eigenvalue weighted by Crippen LogP contribution is 2.32. The second-order valence-corrected chi connectivity index (χ2v) is 10.1. The third-order valence-corrected chi connectivity index (χ3v) is 7.23. The molecule has 0 aliphatic rings. The van der Waals surface area contributed by atoms with Crippen molar-refractivity contribution in [1.29, 1.82) is 5.26 Å². The molecule has 0 aliphatic heterocycles. The van der Waals surface area contributed by atoms with E-state index in [1.807, 2.05) is 0 Å². The lowest BCUT2D eigenvalue weighted by molar-refractivity contribution is 0.208. The van der Waals surface area contributed by atoms with Gasteiger partial charge < -0.3 is 10.4 Å². The van der Waals surface area contributed by atoms with Crippen LogP contribution in [0.15, 0.2) is 78.2 Å². The van der Waals surface area contributed by atoms with E-state index in [2.05, 4.69) is 31.4 Å². The van der Waals surface area contributed by atoms with Gasteiger partial charge in [0.25, 0.3) is 10.0 Å². The number of hydrogen-bond acceptors (Lipinski definition) is 9. The van der Waals surface area contributed by atoms with E-state index >= 15 is 0 Å². The van der Waals surface area contributed by atoms with E-state index in [0.717, 1.165) is 3.97 Å². The van der Waals surface area contributed by atoms with Crippen LogP contribution in [0, 0.1) is 11.3 Å². The Morgan fingerprint density at radius 3 is 2.73 bits per heavy atom. The number of rotatable bonds is 8. The van der Waals surface area contributed by atoms with E-state index in [1.54, 1.807) is 61.9 Å². The molecule has 0 radical (unpaired) electrons. The van der Waals surface area contributed by atoms with Crippen LogP contribution in [0.3, 0.4) is 0 Å². The molecule has 0 aliphatic carbocycles. The van der Waals surface area contributed by atoms with Crippen LogP contribution < -0.4 is 5.32 Å². The van der Waals surface area contributed by atoms with E-state index in [4.69, 9.17) is 0 Å². The fourth-order valence-corrected chi connectivity index (χ4v) is 5.17. The van der Waals surface area contributed by atoms with Crippen LogP contribution in [0.5, 0.6) is 0 Å². The number of anilines is 1. The maximum absolute atomic E-state index is 13.1. The number of aromatic nitrogens is 6. The summed E-state index contributed by atoms with van der Waals surface area (Å²) in [6, 6.07) is 15.4. The standard InChI is InChI=1S/C25H22N8O3S/c1-17(34)14-29-25-27-10-7-22(30-25)21-16-32(12-9-26)31-23(21)19-13-18-8-11-33(24(18)28-15-19)37(35,36)20-5-3-2-4-6-20/h2-8,10-11,13,15-17,34H,12,14H2,1H3,(H,27,29,30)/t17-/m0/s1. The third kappa shape index (κ3) is 4.77. The molecule has 186 valence electrons. The Morgan fingerprint density at radius 2 is 1.97 bits per heavy atom. The van der Waals surface area contributed by atoms with Crippen molar-refractivity contribution in [2.45, 2.75) is 24.5 Å². The molecule has 0 spiro atoms. The molecular weight excluding hydrogens is 492 g/mol. The van der Waals surface area contributed by atoms with Gasteiger partial charge in [0.1, 0.15) is 12.2 Å². The van der Waals surface area contributed by atoms with E-state index in [-0.39, 0.29) is 23.6 Å². The van der Waals surface area contributed by atoms with Crippen molar-refractivity contribution in [2.24, 2.45) is 0 Å². The molecule has 0 bridgehead atoms. The van der Waals surface area contributed by atoms with E-state index in [1.165, 1.54) is 23.0 Å². The number of nitrogens with zero attached hydrogens (tertiary/aromatic N) is 7. The molecule has 5 aromatic rings. The van der Waals surface area contributed by atoms with Gasteiger partial charge in [-0.25, -0.2) is 27.3 Å². The number of fused-ring (bicyclic) bond motifs is 1. The molecule has 5 rings (SSSR count). The van der Waals surface area contributed by atoms with Crippen molar-refractivity contribution >= 4 is 27.0 Å². The quantitative estimate of drug-likeness (QED) is 0.318. The molecular formula is C25H22N8O3S. The van der Waals surface area contributed by atoms with Crippen LogP contribution in [-0.2, 0) is 16.6 Å². The van der Waals surface area contributed by atoms with Crippen molar-refractivity contribution in [2.75, 3.05) is 11.9 Å². The third-order valence-electron chi connectivity index (χ3n) is 5.55. The molecule has 4 aromatic heterocycles. The summed E-state index contributed by atoms with van der Waals surface area (Å²) in [4.78, 5) is 13.4. The highest BCUT2D eigenvalue weighted by Gasteiger charge is 2.21. The molecule has 12 heteroatoms. The number of nitriles is 1. The molecule has 0 fully saturated rings. The average Bonchev–Trinajstić information content (AvgIpc) is 3.53. The zero-order valence-electron chi connectivity index (χ0n) is 19.7. The molecule has 0 unspecified atom stereocenters. The largest absolute Gasteiger partial charge is 0.392 e. The number of hydrogen-bond donors (Lipinski definition) is 2. The van der Waals surface area contributed by atoms with Gasteiger partial charge in [0.05, 0.1) is 22.8 Å². The molecule has 1 aromatic carbocycles. The van der Waals surface area contributed by atoms with Gasteiger partial charge in [-0.3, -0.25) is 4.68 Å². The summed E-state index contributed by atoms with van der Waals surface area (Å²) in [5, 5.41) is 26.9. The van der Waals surface area contributed by atoms with Gasteiger partial charge in [0.2, 0.25) is 5.95 Å². The minimum Gasteiger partial charge on any atom is -0.392 e. The lowest BCUT2D eigenvalue weighted by Crippen LogP contribution is -2.16. The first-order chi connectivity index (χ1) is 17.9. The smallest absolute Gasteiger partial charge is 0.269 e. The first kappa shape index (κ1) is 24.1. The van der Waals surface area contributed by atoms with Gasteiger partial charge >= 0.3 is 0 Å². The molecule has 2 N–H and O–H groups in total. The number of benzene rings is 1. The normalized spacial score (nSPS) is 12.4. The summed E-state index contributed by atoms with van der Waals surface area (Å²) in [7, 11) is -3.81. The summed E-state index contributed by atoms with van der Waals surface area (Å²) in [6.45, 7) is 1.97. The van der Waals surface area contributed by atoms with Crippen LogP contribution in [-0.4, -0.2) is 54.9 Å². The fraction of sp³-hybridized carbons (Fsp3) is 0.160. The monoisotopic (exact) mass is 514 g/mol. The second kappa shape index (κ2) is 9.81. The van der Waals surface area contributed by atoms with Crippen molar-refractivity contribution in [3.8, 4) is 28.6 Å². The second-order valence-electron chi connectivity index (χ2n) is 8.31. The van der Waals surface area contributed by atoms with E-state index < -0.39 is 16.1 Å². The Hall–Kier alpha value is -4.60. The minimum absolute atomic E-state index is 0.0343. The molecule has 11 nitrogen and oxygen atoms in total. The summed E-state index contributed by atoms with van der Waals surface area (Å²) >= 11 is 0. The highest BCUT2D eigenvalue weighted by molar-refractivity contribution is 7.90. The lowest BCUT2D eigenvalue weighted by atomic mass is 10.1. The fourth-order valence-electron chi connectivity index (χ4n) is 3.84. The van der Waals surface area contributed by atoms with Crippen molar-refractivity contribution in [3.05, 3.63) is 73.3 Å². The molecule has 1 atom stereocenters. The average molecular weight is 515 g/mol. The van der Waals surface area contributed by atoms with Crippen LogP contribution in [0.1, 0.15) is 6.92 Å². The van der Waals surface area contributed by atoms with Crippen molar-refractivity contribution in [3.63, 3.8) is 0 Å². The van der Waals surface area contributed by atoms with Crippen LogP contribution >= 0.6 is 0 Å². The Kier molecular flexibility index (Phi) is 6.39. The molecule has 4 heterocycles. The van der Waals surface area contributed by atoms with Crippen LogP contribution in [0.2, 0.25) is 0 Å². The Bertz CT molecular complexity index is 1720. The zero-order valence-corrected chi connectivity index (χ0v) is 20.5. The molecule has 37 heavy (non-hydrogen) atoms. The summed E-state index contributed by atoms with van der Waals surface area (Å²) in [5.74, 6) is 0.342. The van der Waals surface area contributed by atoms with Crippen LogP contribution in [0.25, 0.3) is 33.5 Å². The predicted molar refractivity (Wildman–Crippen MR) is 137 cm³/mol. The number of aliphatic hydroxyl groups excluding tert-OH is 1. The number of aliphatic hydroxyl groups is 1. The van der Waals surface area contributed by atoms with Gasteiger partial charge in [-0.15, -0.1) is 0 Å². The Labute approximate surface area is 212 Å². The summed E-state index contributed by atoms with van der Waals surface area (Å²) < 4.78 is 29.0. The minimum atomic E-state index is -3.81. The summed E-state index contributed by atoms with van der Waals surface area (Å²) in [5.41, 5.74) is 2.66. The highest BCUT2D eigenvalue weighted by atomic mass is 32.2. The van der Waals surface area contributed by atoms with Crippen molar-refractivity contribution in [1.82, 2.24) is 28.7 Å². The van der Waals surface area contributed by atoms with Gasteiger partial charge in [-0.1, -0.05) is 18.2 Å². The summed E-state index contributed by atoms with van der Waals surface area (Å²) in [6.07, 6.45) is 5.76. The first-order valence-corrected chi connectivity index (χ1v) is 12.8. The zero-order chi connectivity index (χ0) is 26.0. The lowest BCUT2D eigenvalue weighted by Gasteiger charge is -2.09. The Morgan fingerprint density at radius 1 is 1.16 bits per heavy atom. The molecule has 0 saturated heterocycles. The predicted octanol–water partition coefficient (Wildman–Crippen LogP) is 2.91. The number of nitrogens with one attached hydrogen (secondary N) is 1. The molecule has 0 saturated carbocycles. The van der Waals surface area contributed by atoms with Crippen molar-refractivity contribution < 1.29 is 13.5 Å². The van der Waals surface area contributed by atoms with E-state index in [0.29, 0.717) is 33.8 Å². The SMILES string of the molecule is C[C@H](O)CNc1nccc(-c2cn(CC#N)nc2-c2cnc3c(ccn3S(=O)(=O)c3ccccc3)c2)n1. The molecule has 0 amide bonds. The van der Waals surface area contributed by atoms with E-state index in [9.17, 15) is 18.8 Å². The Balaban J connectivity index is 1.57. The number of pyridine rings is 1. The van der Waals surface area contributed by atoms with Gasteiger partial charge in [0, 0.05) is 47.8 Å². The van der Waals surface area contributed by atoms with Gasteiger partial charge in [-0.2, -0.15) is 10.4 Å². The van der Waals surface area contributed by atoms with Gasteiger partial charge in [-0.05, 0) is 37.3 Å². The van der Waals surface area contributed by atoms with Crippen LogP contribution in [0.4, 0.5) is 5.95 Å². The first-order valence-electron chi connectivity index (χ1n) is 11.3. The van der Waals surface area contributed by atoms with Gasteiger partial charge in [0.15, 0.2) is 5.65 Å². The topological polar surface area (TPSA) is 152 Å².